The van der Waals surface area contributed by atoms with Crippen molar-refractivity contribution in [1.82, 2.24) is 0 Å². The summed E-state index contributed by atoms with van der Waals surface area (Å²) in [6, 6.07) is 0. The van der Waals surface area contributed by atoms with Crippen LogP contribution in [-0.2, 0) is 19.2 Å². The molecule has 0 aromatic carbocycles. The average Bonchev–Trinajstić information content (AvgIpc) is 3.01. The lowest BCUT2D eigenvalue weighted by Gasteiger charge is -2.58. The molecule has 0 amide bonds. The second kappa shape index (κ2) is 7.02. The maximum Gasteiger partial charge on any atom is 0.139 e. The van der Waals surface area contributed by atoms with E-state index in [0.717, 1.165) is 19.3 Å². The van der Waals surface area contributed by atoms with Crippen LogP contribution in [0.1, 0.15) is 78.6 Å². The van der Waals surface area contributed by atoms with Gasteiger partial charge in [0.2, 0.25) is 0 Å². The number of carboxylic acid groups (broad SMARTS) is 1. The number of hydrogen-bond acceptors (Lipinski definition) is 5. The molecule has 4 rings (SSSR count). The Kier molecular flexibility index (Phi) is 5.02. The van der Waals surface area contributed by atoms with Crippen molar-refractivity contribution in [3.63, 3.8) is 0 Å². The van der Waals surface area contributed by atoms with Crippen LogP contribution in [0.2, 0.25) is 0 Å². The second-order valence-electron chi connectivity index (χ2n) is 10.8. The Bertz CT molecular complexity index is 756. The lowest BCUT2D eigenvalue weighted by atomic mass is 9.44. The minimum Gasteiger partial charge on any atom is -0.550 e. The highest BCUT2D eigenvalue weighted by Gasteiger charge is 2.66. The maximum absolute atomic E-state index is 13.6. The predicted octanol–water partition coefficient (Wildman–Crippen LogP) is 2.74. The standard InChI is InChI=1S/C24H34O5/c1-13(4-7-21(28)29)16-5-6-17-22-18(12-20(27)24(16,17)3)23(2)9-8-15(25)10-14(23)11-19(22)26/h13-14,16-18,22H,4-12H2,1-3H3,(H,28,29)/p-1/t13-,14-,16-,17+,18+,22+,23+,24+/m1/s1. The Morgan fingerprint density at radius 2 is 1.83 bits per heavy atom. The van der Waals surface area contributed by atoms with E-state index in [-0.39, 0.29) is 64.7 Å². The van der Waals surface area contributed by atoms with E-state index in [2.05, 4.69) is 13.8 Å². The summed E-state index contributed by atoms with van der Waals surface area (Å²) in [5, 5.41) is 10.9. The summed E-state index contributed by atoms with van der Waals surface area (Å²) in [6.07, 6.45) is 5.08. The van der Waals surface area contributed by atoms with Crippen LogP contribution in [0.5, 0.6) is 0 Å². The monoisotopic (exact) mass is 401 g/mol. The van der Waals surface area contributed by atoms with E-state index >= 15 is 0 Å². The number of carbonyl (C=O) groups is 4. The molecule has 0 heterocycles. The Morgan fingerprint density at radius 1 is 1.10 bits per heavy atom. The van der Waals surface area contributed by atoms with Gasteiger partial charge in [-0.1, -0.05) is 20.8 Å². The molecule has 0 N–H and O–H groups in total. The summed E-state index contributed by atoms with van der Waals surface area (Å²) in [6.45, 7) is 6.32. The Balaban J connectivity index is 1.63. The highest BCUT2D eigenvalue weighted by atomic mass is 16.4. The van der Waals surface area contributed by atoms with E-state index in [1.54, 1.807) is 0 Å². The van der Waals surface area contributed by atoms with Crippen LogP contribution in [0, 0.1) is 46.3 Å². The molecule has 5 nitrogen and oxygen atoms in total. The van der Waals surface area contributed by atoms with Crippen molar-refractivity contribution in [3.8, 4) is 0 Å². The molecule has 5 heteroatoms. The van der Waals surface area contributed by atoms with Gasteiger partial charge in [0.05, 0.1) is 0 Å². The molecule has 0 bridgehead atoms. The first-order chi connectivity index (χ1) is 13.6. The van der Waals surface area contributed by atoms with E-state index in [9.17, 15) is 24.3 Å². The number of hydrogen-bond donors (Lipinski definition) is 0. The predicted molar refractivity (Wildman–Crippen MR) is 104 cm³/mol. The molecule has 0 unspecified atom stereocenters. The molecular formula is C24H33O5-. The third kappa shape index (κ3) is 3.02. The molecule has 8 atom stereocenters. The van der Waals surface area contributed by atoms with Crippen LogP contribution in [0.25, 0.3) is 0 Å². The van der Waals surface area contributed by atoms with Gasteiger partial charge in [0.25, 0.3) is 0 Å². The van der Waals surface area contributed by atoms with Crippen LogP contribution in [0.4, 0.5) is 0 Å². The molecule has 0 aliphatic heterocycles. The lowest BCUT2D eigenvalue weighted by Crippen LogP contribution is -2.60. The SMILES string of the molecule is C[C@H](CCC(=O)[O-])[C@H]1CC[C@H]2[C@@H]3C(=O)C[C@H]4CC(=O)CC[C@]4(C)[C@H]3CC(=O)[C@@]12C. The topological polar surface area (TPSA) is 91.3 Å². The minimum absolute atomic E-state index is 0.0192. The minimum atomic E-state index is -1.04. The second-order valence-corrected chi connectivity index (χ2v) is 10.8. The van der Waals surface area contributed by atoms with E-state index < -0.39 is 11.4 Å². The number of carboxylic acids is 1. The molecule has 4 saturated carbocycles. The van der Waals surface area contributed by atoms with Gasteiger partial charge < -0.3 is 9.90 Å². The third-order valence-corrected chi connectivity index (χ3v) is 9.71. The number of Topliss-reactive ketones (excluding diaryl/α,β-unsaturated/α-hetero) is 3. The number of ketones is 3. The van der Waals surface area contributed by atoms with Gasteiger partial charge in [-0.25, -0.2) is 0 Å². The molecule has 0 saturated heterocycles. The number of aliphatic carboxylic acids is 1. The summed E-state index contributed by atoms with van der Waals surface area (Å²) in [7, 11) is 0. The summed E-state index contributed by atoms with van der Waals surface area (Å²) >= 11 is 0. The van der Waals surface area contributed by atoms with E-state index in [0.29, 0.717) is 32.1 Å². The number of carbonyl (C=O) groups excluding carboxylic acids is 4. The fourth-order valence-corrected chi connectivity index (χ4v) is 7.94. The Hall–Kier alpha value is -1.52. The normalized spacial score (nSPS) is 45.3. The first-order valence-electron chi connectivity index (χ1n) is 11.4. The van der Waals surface area contributed by atoms with Gasteiger partial charge in [-0.05, 0) is 67.1 Å². The van der Waals surface area contributed by atoms with Crippen molar-refractivity contribution in [3.05, 3.63) is 0 Å². The molecule has 0 spiro atoms. The fraction of sp³-hybridized carbons (Fsp3) is 0.833. The van der Waals surface area contributed by atoms with Crippen LogP contribution in [0.15, 0.2) is 0 Å². The first-order valence-corrected chi connectivity index (χ1v) is 11.4. The molecule has 29 heavy (non-hydrogen) atoms. The van der Waals surface area contributed by atoms with Gasteiger partial charge in [-0.15, -0.1) is 0 Å². The van der Waals surface area contributed by atoms with Crippen molar-refractivity contribution in [2.75, 3.05) is 0 Å². The van der Waals surface area contributed by atoms with Crippen molar-refractivity contribution in [1.29, 1.82) is 0 Å². The molecule has 0 aromatic rings. The summed E-state index contributed by atoms with van der Waals surface area (Å²) in [5.41, 5.74) is -0.627. The Morgan fingerprint density at radius 3 is 2.52 bits per heavy atom. The van der Waals surface area contributed by atoms with Crippen LogP contribution in [0.3, 0.4) is 0 Å². The fourth-order valence-electron chi connectivity index (χ4n) is 7.94. The molecule has 4 fully saturated rings. The zero-order valence-electron chi connectivity index (χ0n) is 17.9. The molecule has 0 radical (unpaired) electrons. The van der Waals surface area contributed by atoms with E-state index in [4.69, 9.17) is 0 Å². The number of rotatable bonds is 4. The highest BCUT2D eigenvalue weighted by molar-refractivity contribution is 5.93. The van der Waals surface area contributed by atoms with E-state index in [1.807, 2.05) is 6.92 Å². The van der Waals surface area contributed by atoms with Crippen LogP contribution < -0.4 is 5.11 Å². The zero-order chi connectivity index (χ0) is 21.1. The Labute approximate surface area is 173 Å². The smallest absolute Gasteiger partial charge is 0.139 e. The maximum atomic E-state index is 13.6. The van der Waals surface area contributed by atoms with Crippen molar-refractivity contribution in [2.45, 2.75) is 78.6 Å². The molecular weight excluding hydrogens is 368 g/mol. The molecule has 4 aliphatic carbocycles. The molecule has 160 valence electrons. The summed E-state index contributed by atoms with van der Waals surface area (Å²) in [4.78, 5) is 49.8. The van der Waals surface area contributed by atoms with Crippen molar-refractivity contribution >= 4 is 23.3 Å². The van der Waals surface area contributed by atoms with Gasteiger partial charge in [0, 0.05) is 43.0 Å². The highest BCUT2D eigenvalue weighted by Crippen LogP contribution is 2.66. The van der Waals surface area contributed by atoms with Crippen molar-refractivity contribution < 1.29 is 24.3 Å². The summed E-state index contributed by atoms with van der Waals surface area (Å²) in [5.74, 6) is 0.130. The average molecular weight is 402 g/mol. The zero-order valence-corrected chi connectivity index (χ0v) is 17.9. The van der Waals surface area contributed by atoms with Gasteiger partial charge in [0.15, 0.2) is 0 Å². The first kappa shape index (κ1) is 20.7. The number of fused-ring (bicyclic) bond motifs is 5. The van der Waals surface area contributed by atoms with Gasteiger partial charge in [-0.3, -0.25) is 14.4 Å². The lowest BCUT2D eigenvalue weighted by molar-refractivity contribution is -0.306. The van der Waals surface area contributed by atoms with Gasteiger partial charge in [0.1, 0.15) is 17.3 Å². The summed E-state index contributed by atoms with van der Waals surface area (Å²) < 4.78 is 0. The molecule has 4 aliphatic rings. The largest absolute Gasteiger partial charge is 0.550 e. The molecule has 0 aromatic heterocycles. The van der Waals surface area contributed by atoms with Crippen LogP contribution >= 0.6 is 0 Å². The van der Waals surface area contributed by atoms with Crippen LogP contribution in [-0.4, -0.2) is 23.3 Å². The van der Waals surface area contributed by atoms with Crippen molar-refractivity contribution in [2.24, 2.45) is 46.3 Å². The van der Waals surface area contributed by atoms with E-state index in [1.165, 1.54) is 0 Å². The quantitative estimate of drug-likeness (QED) is 0.722. The third-order valence-electron chi connectivity index (χ3n) is 9.71. The van der Waals surface area contributed by atoms with Gasteiger partial charge in [-0.2, -0.15) is 0 Å². The van der Waals surface area contributed by atoms with Gasteiger partial charge >= 0.3 is 0 Å².